The molecule has 0 atom stereocenters. The van der Waals surface area contributed by atoms with Crippen LogP contribution >= 0.6 is 23.2 Å². The third-order valence-electron chi connectivity index (χ3n) is 4.92. The number of rotatable bonds is 9. The van der Waals surface area contributed by atoms with Gasteiger partial charge in [-0.1, -0.05) is 47.5 Å². The summed E-state index contributed by atoms with van der Waals surface area (Å²) in [5.41, 5.74) is 4.65. The SMILES string of the molecule is CN(C)CCNc1nc(N/N=C/c2nccn2Cc2cccc(Cl)c2Cl)nc2ccccc12. The molecule has 4 rings (SSSR count). The van der Waals surface area contributed by atoms with Crippen molar-refractivity contribution in [2.24, 2.45) is 5.10 Å². The van der Waals surface area contributed by atoms with Gasteiger partial charge in [0.1, 0.15) is 5.82 Å². The van der Waals surface area contributed by atoms with Crippen molar-refractivity contribution < 1.29 is 0 Å². The van der Waals surface area contributed by atoms with Gasteiger partial charge in [0.2, 0.25) is 5.95 Å². The van der Waals surface area contributed by atoms with E-state index in [0.717, 1.165) is 35.4 Å². The third kappa shape index (κ3) is 5.78. The molecule has 2 N–H and O–H groups in total. The first-order valence-electron chi connectivity index (χ1n) is 10.4. The van der Waals surface area contributed by atoms with Crippen molar-refractivity contribution in [3.05, 3.63) is 76.3 Å². The maximum absolute atomic E-state index is 6.33. The molecular weight excluding hydrogens is 459 g/mol. The van der Waals surface area contributed by atoms with Gasteiger partial charge in [-0.25, -0.2) is 15.4 Å². The topological polar surface area (TPSA) is 83.3 Å². The van der Waals surface area contributed by atoms with Gasteiger partial charge in [0, 0.05) is 30.9 Å². The lowest BCUT2D eigenvalue weighted by Crippen LogP contribution is -2.21. The number of hydrogen-bond acceptors (Lipinski definition) is 7. The molecule has 8 nitrogen and oxygen atoms in total. The molecule has 0 aliphatic heterocycles. The first-order chi connectivity index (χ1) is 16.0. The fraction of sp³-hybridized carbons (Fsp3) is 0.217. The number of nitrogens with one attached hydrogen (secondary N) is 2. The summed E-state index contributed by atoms with van der Waals surface area (Å²) in [4.78, 5) is 15.6. The lowest BCUT2D eigenvalue weighted by molar-refractivity contribution is 0.425. The summed E-state index contributed by atoms with van der Waals surface area (Å²) in [6, 6.07) is 13.4. The first kappa shape index (κ1) is 23.0. The van der Waals surface area contributed by atoms with Crippen molar-refractivity contribution in [2.75, 3.05) is 37.9 Å². The van der Waals surface area contributed by atoms with E-state index in [2.05, 4.69) is 35.7 Å². The lowest BCUT2D eigenvalue weighted by atomic mass is 10.2. The Morgan fingerprint density at radius 2 is 1.94 bits per heavy atom. The van der Waals surface area contributed by atoms with Crippen molar-refractivity contribution in [2.45, 2.75) is 6.54 Å². The van der Waals surface area contributed by atoms with E-state index in [1.54, 1.807) is 18.5 Å². The number of fused-ring (bicyclic) bond motifs is 1. The molecule has 0 saturated carbocycles. The smallest absolute Gasteiger partial charge is 0.246 e. The maximum Gasteiger partial charge on any atom is 0.246 e. The fourth-order valence-electron chi connectivity index (χ4n) is 3.24. The summed E-state index contributed by atoms with van der Waals surface area (Å²) in [5.74, 6) is 1.81. The molecule has 2 heterocycles. The highest BCUT2D eigenvalue weighted by Crippen LogP contribution is 2.26. The number of imidazole rings is 1. The van der Waals surface area contributed by atoms with Gasteiger partial charge in [-0.15, -0.1) is 0 Å². The maximum atomic E-state index is 6.33. The minimum atomic E-state index is 0.397. The molecule has 10 heteroatoms. The fourth-order valence-corrected chi connectivity index (χ4v) is 3.62. The van der Waals surface area contributed by atoms with E-state index in [9.17, 15) is 0 Å². The van der Waals surface area contributed by atoms with Crippen molar-refractivity contribution in [3.63, 3.8) is 0 Å². The molecular formula is C23H24Cl2N8. The number of hydrazone groups is 1. The number of para-hydroxylation sites is 1. The van der Waals surface area contributed by atoms with Gasteiger partial charge in [0.05, 0.1) is 28.3 Å². The summed E-state index contributed by atoms with van der Waals surface area (Å²) in [5, 5.41) is 9.71. The van der Waals surface area contributed by atoms with Crippen molar-refractivity contribution >= 4 is 52.1 Å². The zero-order chi connectivity index (χ0) is 23.2. The highest BCUT2D eigenvalue weighted by atomic mass is 35.5. The number of halogens is 2. The Kier molecular flexibility index (Phi) is 7.39. The van der Waals surface area contributed by atoms with Crippen LogP contribution in [-0.4, -0.2) is 57.8 Å². The highest BCUT2D eigenvalue weighted by Gasteiger charge is 2.09. The quantitative estimate of drug-likeness (QED) is 0.268. The van der Waals surface area contributed by atoms with Crippen LogP contribution in [0.4, 0.5) is 11.8 Å². The van der Waals surface area contributed by atoms with Crippen LogP contribution < -0.4 is 10.7 Å². The summed E-state index contributed by atoms with van der Waals surface area (Å²) < 4.78 is 1.93. The van der Waals surface area contributed by atoms with Gasteiger partial charge >= 0.3 is 0 Å². The molecule has 0 amide bonds. The molecule has 2 aromatic carbocycles. The molecule has 0 spiro atoms. The second kappa shape index (κ2) is 10.6. The van der Waals surface area contributed by atoms with E-state index in [-0.39, 0.29) is 0 Å². The standard InChI is InChI=1S/C23H24Cl2N8/c1-32(2)12-10-27-22-17-7-3-4-9-19(17)29-23(30-22)31-28-14-20-26-11-13-33(20)15-16-6-5-8-18(24)21(16)25/h3-9,11,13-14H,10,12,15H2,1-2H3,(H2,27,29,30,31)/b28-14+. The van der Waals surface area contributed by atoms with Crippen LogP contribution in [0, 0.1) is 0 Å². The average molecular weight is 483 g/mol. The third-order valence-corrected chi connectivity index (χ3v) is 5.78. The number of nitrogens with zero attached hydrogens (tertiary/aromatic N) is 6. The Morgan fingerprint density at radius 3 is 2.79 bits per heavy atom. The molecule has 0 unspecified atom stereocenters. The Balaban J connectivity index is 1.50. The second-order valence-corrected chi connectivity index (χ2v) is 8.42. The van der Waals surface area contributed by atoms with Crippen LogP contribution in [0.25, 0.3) is 10.9 Å². The summed E-state index contributed by atoms with van der Waals surface area (Å²) in [7, 11) is 4.07. The number of aromatic nitrogens is 4. The summed E-state index contributed by atoms with van der Waals surface area (Å²) >= 11 is 12.5. The zero-order valence-electron chi connectivity index (χ0n) is 18.3. The van der Waals surface area contributed by atoms with E-state index in [0.29, 0.717) is 28.4 Å². The predicted molar refractivity (Wildman–Crippen MR) is 136 cm³/mol. The molecule has 0 bridgehead atoms. The molecule has 0 aliphatic rings. The van der Waals surface area contributed by atoms with Crippen LogP contribution in [0.1, 0.15) is 11.4 Å². The number of anilines is 2. The van der Waals surface area contributed by atoms with Crippen LogP contribution in [0.3, 0.4) is 0 Å². The molecule has 33 heavy (non-hydrogen) atoms. The van der Waals surface area contributed by atoms with Gasteiger partial charge in [-0.2, -0.15) is 10.1 Å². The van der Waals surface area contributed by atoms with Crippen molar-refractivity contribution in [1.82, 2.24) is 24.4 Å². The van der Waals surface area contributed by atoms with E-state index in [1.807, 2.05) is 61.3 Å². The molecule has 0 saturated heterocycles. The molecule has 0 radical (unpaired) electrons. The molecule has 0 aliphatic carbocycles. The highest BCUT2D eigenvalue weighted by molar-refractivity contribution is 6.42. The van der Waals surface area contributed by atoms with E-state index in [1.165, 1.54) is 0 Å². The molecule has 170 valence electrons. The van der Waals surface area contributed by atoms with Crippen molar-refractivity contribution in [1.29, 1.82) is 0 Å². The van der Waals surface area contributed by atoms with E-state index < -0.39 is 0 Å². The van der Waals surface area contributed by atoms with Gasteiger partial charge in [-0.05, 0) is 37.9 Å². The number of likely N-dealkylation sites (N-methyl/N-ethyl adjacent to an activating group) is 1. The molecule has 4 aromatic rings. The Labute approximate surface area is 202 Å². The zero-order valence-corrected chi connectivity index (χ0v) is 19.8. The minimum Gasteiger partial charge on any atom is -0.368 e. The Morgan fingerprint density at radius 1 is 1.09 bits per heavy atom. The van der Waals surface area contributed by atoms with Gasteiger partial charge in [0.15, 0.2) is 5.82 Å². The minimum absolute atomic E-state index is 0.397. The second-order valence-electron chi connectivity index (χ2n) is 7.64. The average Bonchev–Trinajstić information content (AvgIpc) is 3.23. The molecule has 0 fully saturated rings. The lowest BCUT2D eigenvalue weighted by Gasteiger charge is -2.13. The van der Waals surface area contributed by atoms with Gasteiger partial charge < -0.3 is 14.8 Å². The first-order valence-corrected chi connectivity index (χ1v) is 11.2. The van der Waals surface area contributed by atoms with Crippen LogP contribution in [0.2, 0.25) is 10.0 Å². The number of benzene rings is 2. The van der Waals surface area contributed by atoms with Gasteiger partial charge in [0.25, 0.3) is 0 Å². The van der Waals surface area contributed by atoms with Crippen LogP contribution in [-0.2, 0) is 6.54 Å². The van der Waals surface area contributed by atoms with E-state index in [4.69, 9.17) is 23.2 Å². The van der Waals surface area contributed by atoms with Crippen LogP contribution in [0.5, 0.6) is 0 Å². The molecule has 2 aromatic heterocycles. The summed E-state index contributed by atoms with van der Waals surface area (Å²) in [6.45, 7) is 2.17. The Bertz CT molecular complexity index is 1270. The largest absolute Gasteiger partial charge is 0.368 e. The van der Waals surface area contributed by atoms with Gasteiger partial charge in [-0.3, -0.25) is 0 Å². The van der Waals surface area contributed by atoms with Crippen LogP contribution in [0.15, 0.2) is 60.0 Å². The van der Waals surface area contributed by atoms with Crippen molar-refractivity contribution in [3.8, 4) is 0 Å². The Hall–Kier alpha value is -3.20. The van der Waals surface area contributed by atoms with E-state index >= 15 is 0 Å². The summed E-state index contributed by atoms with van der Waals surface area (Å²) in [6.07, 6.45) is 5.19. The number of hydrogen-bond donors (Lipinski definition) is 2. The normalized spacial score (nSPS) is 11.5. The predicted octanol–water partition coefficient (Wildman–Crippen LogP) is 4.60. The monoisotopic (exact) mass is 482 g/mol.